The van der Waals surface area contributed by atoms with E-state index in [4.69, 9.17) is 23.8 Å². The van der Waals surface area contributed by atoms with Crippen molar-refractivity contribution in [2.45, 2.75) is 20.8 Å². The van der Waals surface area contributed by atoms with Gasteiger partial charge >= 0.3 is 0 Å². The number of carbonyl (C=O) groups is 2. The third-order valence-corrected chi connectivity index (χ3v) is 4.84. The van der Waals surface area contributed by atoms with E-state index in [0.29, 0.717) is 13.0 Å². The summed E-state index contributed by atoms with van der Waals surface area (Å²) in [7, 11) is 3.30. The number of carbonyl (C=O) groups excluding carboxylic acids is 2. The zero-order valence-corrected chi connectivity index (χ0v) is 17.6. The van der Waals surface area contributed by atoms with Gasteiger partial charge in [-0.05, 0) is 13.0 Å². The molecule has 1 aromatic rings. The van der Waals surface area contributed by atoms with Gasteiger partial charge in [0.25, 0.3) is 5.91 Å². The molecule has 0 atom stereocenters. The number of aromatic nitrogens is 1. The van der Waals surface area contributed by atoms with Gasteiger partial charge in [-0.15, -0.1) is 0 Å². The van der Waals surface area contributed by atoms with Crippen molar-refractivity contribution in [3.05, 3.63) is 34.2 Å². The number of thiocarbonyl (C=S) groups is 1. The summed E-state index contributed by atoms with van der Waals surface area (Å²) in [6, 6.07) is 0.966. The van der Waals surface area contributed by atoms with Gasteiger partial charge in [0.15, 0.2) is 11.0 Å². The molecule has 1 N–H and O–H groups in total. The van der Waals surface area contributed by atoms with Gasteiger partial charge in [-0.25, -0.2) is 9.37 Å². The van der Waals surface area contributed by atoms with Crippen LogP contribution >= 0.6 is 23.8 Å². The van der Waals surface area contributed by atoms with Gasteiger partial charge in [-0.2, -0.15) is 0 Å². The monoisotopic (exact) mass is 414 g/mol. The van der Waals surface area contributed by atoms with Gasteiger partial charge in [-0.3, -0.25) is 14.5 Å². The molecule has 6 nitrogen and oxygen atoms in total. The van der Waals surface area contributed by atoms with Gasteiger partial charge < -0.3 is 10.2 Å². The number of pyridine rings is 1. The van der Waals surface area contributed by atoms with Crippen LogP contribution in [0.5, 0.6) is 0 Å². The van der Waals surface area contributed by atoms with E-state index >= 15 is 0 Å². The minimum atomic E-state index is -0.832. The predicted octanol–water partition coefficient (Wildman–Crippen LogP) is 3.06. The molecule has 9 heteroatoms. The highest BCUT2D eigenvalue weighted by molar-refractivity contribution is 7.80. The van der Waals surface area contributed by atoms with Crippen molar-refractivity contribution in [2.75, 3.05) is 32.1 Å². The summed E-state index contributed by atoms with van der Waals surface area (Å²) < 4.78 is 13.7. The molecule has 1 aromatic heterocycles. The Balaban J connectivity index is 3.06. The van der Waals surface area contributed by atoms with Crippen molar-refractivity contribution in [1.82, 2.24) is 15.2 Å². The minimum absolute atomic E-state index is 0.00504. The molecule has 27 heavy (non-hydrogen) atoms. The molecule has 0 aromatic carbocycles. The Morgan fingerprint density at radius 1 is 1.48 bits per heavy atom. The smallest absolute Gasteiger partial charge is 0.254 e. The van der Waals surface area contributed by atoms with Crippen molar-refractivity contribution in [3.63, 3.8) is 0 Å². The van der Waals surface area contributed by atoms with Crippen molar-refractivity contribution in [1.29, 1.82) is 0 Å². The lowest BCUT2D eigenvalue weighted by molar-refractivity contribution is -0.107. The number of nitrogens with zero attached hydrogens (tertiary/aromatic N) is 3. The summed E-state index contributed by atoms with van der Waals surface area (Å²) in [5.74, 6) is -1.15. The van der Waals surface area contributed by atoms with Crippen molar-refractivity contribution in [3.8, 4) is 0 Å². The Hall–Kier alpha value is -2.06. The van der Waals surface area contributed by atoms with E-state index in [-0.39, 0.29) is 23.8 Å². The molecule has 0 saturated heterocycles. The molecule has 0 saturated carbocycles. The molecule has 0 aliphatic heterocycles. The van der Waals surface area contributed by atoms with E-state index in [1.54, 1.807) is 0 Å². The largest absolute Gasteiger partial charge is 0.365 e. The van der Waals surface area contributed by atoms with Crippen molar-refractivity contribution in [2.24, 2.45) is 5.92 Å². The maximum atomic E-state index is 13.7. The lowest BCUT2D eigenvalue weighted by Gasteiger charge is -2.22. The van der Waals surface area contributed by atoms with Crippen LogP contribution in [-0.2, 0) is 4.79 Å². The van der Waals surface area contributed by atoms with Crippen LogP contribution in [0.25, 0.3) is 0 Å². The topological polar surface area (TPSA) is 65.5 Å². The van der Waals surface area contributed by atoms with Crippen LogP contribution in [0.2, 0.25) is 5.15 Å². The molecule has 0 unspecified atom stereocenters. The Morgan fingerprint density at radius 3 is 2.63 bits per heavy atom. The molecule has 2 amide bonds. The summed E-state index contributed by atoms with van der Waals surface area (Å²) in [4.78, 5) is 31.5. The molecule has 148 valence electrons. The van der Waals surface area contributed by atoms with Gasteiger partial charge in [-0.1, -0.05) is 49.3 Å². The van der Waals surface area contributed by atoms with Crippen LogP contribution in [0.15, 0.2) is 17.7 Å². The molecular weight excluding hydrogens is 391 g/mol. The molecular formula is C18H24ClFN4O2S. The fourth-order valence-corrected chi connectivity index (χ4v) is 2.51. The van der Waals surface area contributed by atoms with Gasteiger partial charge in [0.05, 0.1) is 10.6 Å². The molecule has 0 bridgehead atoms. The number of nitrogens with one attached hydrogen (secondary N) is 1. The Kier molecular flexibility index (Phi) is 8.78. The number of rotatable bonds is 8. The number of halogens is 2. The average molecular weight is 415 g/mol. The maximum Gasteiger partial charge on any atom is 0.254 e. The van der Waals surface area contributed by atoms with E-state index in [1.807, 2.05) is 38.8 Å². The number of likely N-dealkylation sites (N-methyl/N-ethyl adjacent to an activating group) is 1. The second-order valence-electron chi connectivity index (χ2n) is 6.37. The molecule has 0 aliphatic rings. The van der Waals surface area contributed by atoms with Crippen LogP contribution in [0.1, 0.15) is 31.1 Å². The van der Waals surface area contributed by atoms with Gasteiger partial charge in [0.1, 0.15) is 5.82 Å². The Bertz CT molecular complexity index is 755. The zero-order chi connectivity index (χ0) is 20.7. The van der Waals surface area contributed by atoms with Crippen LogP contribution in [0, 0.1) is 11.7 Å². The van der Waals surface area contributed by atoms with E-state index in [9.17, 15) is 14.0 Å². The SMILES string of the molecule is CNC(=O)c1cc(F)c(Cl)nc1N(C=O)C/C(C)=C\CN(C)C(=S)C(C)C. The van der Waals surface area contributed by atoms with Crippen LogP contribution in [0.3, 0.4) is 0 Å². The van der Waals surface area contributed by atoms with Crippen molar-refractivity contribution < 1.29 is 14.0 Å². The molecule has 1 heterocycles. The van der Waals surface area contributed by atoms with Crippen LogP contribution in [-0.4, -0.2) is 54.4 Å². The normalized spacial score (nSPS) is 11.3. The highest BCUT2D eigenvalue weighted by atomic mass is 35.5. The molecule has 0 aliphatic carbocycles. The fourth-order valence-electron chi connectivity index (χ4n) is 2.30. The summed E-state index contributed by atoms with van der Waals surface area (Å²) in [6.07, 6.45) is 2.46. The van der Waals surface area contributed by atoms with Gasteiger partial charge in [0, 0.05) is 33.1 Å². The van der Waals surface area contributed by atoms with Crippen molar-refractivity contribution >= 4 is 46.9 Å². The number of amides is 2. The number of anilines is 1. The second-order valence-corrected chi connectivity index (χ2v) is 7.14. The molecule has 0 fully saturated rings. The van der Waals surface area contributed by atoms with E-state index in [0.717, 1.165) is 16.6 Å². The zero-order valence-electron chi connectivity index (χ0n) is 16.0. The van der Waals surface area contributed by atoms with E-state index in [1.165, 1.54) is 11.9 Å². The highest BCUT2D eigenvalue weighted by Crippen LogP contribution is 2.23. The first-order valence-corrected chi connectivity index (χ1v) is 9.11. The Morgan fingerprint density at radius 2 is 2.11 bits per heavy atom. The summed E-state index contributed by atoms with van der Waals surface area (Å²) in [5.41, 5.74) is 0.781. The lowest BCUT2D eigenvalue weighted by Crippen LogP contribution is -2.31. The average Bonchev–Trinajstić information content (AvgIpc) is 2.64. The van der Waals surface area contributed by atoms with Crippen LogP contribution < -0.4 is 10.2 Å². The molecule has 0 spiro atoms. The summed E-state index contributed by atoms with van der Waals surface area (Å²) >= 11 is 11.1. The lowest BCUT2D eigenvalue weighted by atomic mass is 10.2. The standard InChI is InChI=1S/C18H24ClFN4O2S/c1-11(2)18(27)23(5)7-6-12(3)9-24(10-25)16-13(17(26)21-4)8-14(20)15(19)22-16/h6,8,10-11H,7,9H2,1-5H3,(H,21,26)/b12-6-. The number of hydrogen-bond donors (Lipinski definition) is 1. The highest BCUT2D eigenvalue weighted by Gasteiger charge is 2.21. The van der Waals surface area contributed by atoms with Gasteiger partial charge in [0.2, 0.25) is 6.41 Å². The fraction of sp³-hybridized carbons (Fsp3) is 0.444. The van der Waals surface area contributed by atoms with E-state index < -0.39 is 16.9 Å². The number of hydrogen-bond acceptors (Lipinski definition) is 4. The minimum Gasteiger partial charge on any atom is -0.365 e. The second kappa shape index (κ2) is 10.3. The summed E-state index contributed by atoms with van der Waals surface area (Å²) in [6.45, 7) is 6.63. The first kappa shape index (κ1) is 23.0. The predicted molar refractivity (Wildman–Crippen MR) is 110 cm³/mol. The van der Waals surface area contributed by atoms with E-state index in [2.05, 4.69) is 10.3 Å². The third kappa shape index (κ3) is 6.25. The quantitative estimate of drug-likeness (QED) is 0.306. The Labute approximate surface area is 169 Å². The first-order chi connectivity index (χ1) is 12.6. The molecule has 1 rings (SSSR count). The first-order valence-electron chi connectivity index (χ1n) is 8.33. The molecule has 0 radical (unpaired) electrons. The maximum absolute atomic E-state index is 13.7. The third-order valence-electron chi connectivity index (χ3n) is 3.79. The summed E-state index contributed by atoms with van der Waals surface area (Å²) in [5, 5.41) is 1.99. The van der Waals surface area contributed by atoms with Crippen LogP contribution in [0.4, 0.5) is 10.2 Å².